The predicted octanol–water partition coefficient (Wildman–Crippen LogP) is 4.16. The third-order valence-corrected chi connectivity index (χ3v) is 5.78. The Bertz CT molecular complexity index is 1250. The summed E-state index contributed by atoms with van der Waals surface area (Å²) in [5.41, 5.74) is 4.13. The highest BCUT2D eigenvalue weighted by atomic mass is 16.5. The minimum Gasteiger partial charge on any atom is -0.363 e. The fourth-order valence-electron chi connectivity index (χ4n) is 4.07. The highest BCUT2D eigenvalue weighted by Gasteiger charge is 2.26. The molecule has 33 heavy (non-hydrogen) atoms. The zero-order chi connectivity index (χ0) is 23.5. The Balaban J connectivity index is 1.75. The molecule has 3 heterocycles. The van der Waals surface area contributed by atoms with Crippen LogP contribution in [0.15, 0.2) is 41.1 Å². The van der Waals surface area contributed by atoms with Gasteiger partial charge >= 0.3 is 0 Å². The number of benzene rings is 1. The van der Waals surface area contributed by atoms with Crippen LogP contribution >= 0.6 is 0 Å². The van der Waals surface area contributed by atoms with E-state index in [0.29, 0.717) is 42.1 Å². The molecular formula is C25H30N6O2. The molecule has 4 aromatic rings. The summed E-state index contributed by atoms with van der Waals surface area (Å²) in [5, 5.41) is 8.45. The Hall–Kier alpha value is -3.68. The Labute approximate surface area is 193 Å². The molecule has 2 N–H and O–H groups in total. The SMILES string of the molecule is CCc1noc(CC)c1C(=O)N[C@H](Cc1c[nH]c2ccccc12)c1cc(N(C)C)nc(C)n1. The normalized spacial score (nSPS) is 12.2. The van der Waals surface area contributed by atoms with Crippen LogP contribution in [0.3, 0.4) is 0 Å². The van der Waals surface area contributed by atoms with Gasteiger partial charge < -0.3 is 19.7 Å². The number of anilines is 1. The van der Waals surface area contributed by atoms with E-state index in [1.807, 2.05) is 70.2 Å². The van der Waals surface area contributed by atoms with Gasteiger partial charge in [0.25, 0.3) is 5.91 Å². The van der Waals surface area contributed by atoms with Crippen molar-refractivity contribution in [3.63, 3.8) is 0 Å². The van der Waals surface area contributed by atoms with Crippen molar-refractivity contribution in [3.05, 3.63) is 70.6 Å². The molecule has 0 saturated heterocycles. The van der Waals surface area contributed by atoms with Gasteiger partial charge in [0.05, 0.1) is 17.4 Å². The van der Waals surface area contributed by atoms with E-state index in [1.165, 1.54) is 0 Å². The van der Waals surface area contributed by atoms with Crippen molar-refractivity contribution in [1.29, 1.82) is 0 Å². The summed E-state index contributed by atoms with van der Waals surface area (Å²) in [6.45, 7) is 5.79. The molecule has 3 aromatic heterocycles. The largest absolute Gasteiger partial charge is 0.363 e. The molecule has 0 fully saturated rings. The van der Waals surface area contributed by atoms with Gasteiger partial charge in [-0.1, -0.05) is 37.2 Å². The molecule has 8 nitrogen and oxygen atoms in total. The van der Waals surface area contributed by atoms with E-state index in [1.54, 1.807) is 0 Å². The number of rotatable bonds is 8. The first-order chi connectivity index (χ1) is 15.9. The molecule has 0 radical (unpaired) electrons. The van der Waals surface area contributed by atoms with Crippen LogP contribution < -0.4 is 10.2 Å². The molecule has 0 saturated carbocycles. The summed E-state index contributed by atoms with van der Waals surface area (Å²) in [5.74, 6) is 1.85. The quantitative estimate of drug-likeness (QED) is 0.422. The van der Waals surface area contributed by atoms with Crippen LogP contribution in [-0.4, -0.2) is 40.1 Å². The van der Waals surface area contributed by atoms with E-state index in [0.717, 1.165) is 28.0 Å². The van der Waals surface area contributed by atoms with Gasteiger partial charge in [-0.15, -0.1) is 0 Å². The smallest absolute Gasteiger partial charge is 0.257 e. The number of carbonyl (C=O) groups is 1. The Morgan fingerprint density at radius 3 is 2.70 bits per heavy atom. The van der Waals surface area contributed by atoms with Crippen LogP contribution in [0.4, 0.5) is 5.82 Å². The van der Waals surface area contributed by atoms with E-state index in [-0.39, 0.29) is 11.9 Å². The van der Waals surface area contributed by atoms with Crippen molar-refractivity contribution in [3.8, 4) is 0 Å². The minimum absolute atomic E-state index is 0.197. The first kappa shape index (κ1) is 22.5. The van der Waals surface area contributed by atoms with Crippen molar-refractivity contribution >= 4 is 22.6 Å². The maximum atomic E-state index is 13.5. The molecule has 1 aromatic carbocycles. The molecule has 0 bridgehead atoms. The van der Waals surface area contributed by atoms with Crippen LogP contribution in [-0.2, 0) is 19.3 Å². The molecule has 1 atom stereocenters. The van der Waals surface area contributed by atoms with Gasteiger partial charge in [-0.2, -0.15) is 0 Å². The lowest BCUT2D eigenvalue weighted by atomic mass is 10.0. The molecule has 0 aliphatic carbocycles. The lowest BCUT2D eigenvalue weighted by molar-refractivity contribution is 0.0933. The van der Waals surface area contributed by atoms with Gasteiger partial charge in [-0.25, -0.2) is 9.97 Å². The van der Waals surface area contributed by atoms with Crippen molar-refractivity contribution in [2.75, 3.05) is 19.0 Å². The fraction of sp³-hybridized carbons (Fsp3) is 0.360. The molecule has 0 aliphatic heterocycles. The van der Waals surface area contributed by atoms with Crippen LogP contribution in [0.1, 0.15) is 58.8 Å². The summed E-state index contributed by atoms with van der Waals surface area (Å²) < 4.78 is 5.43. The number of nitrogens with zero attached hydrogens (tertiary/aromatic N) is 4. The standard InChI is InChI=1S/C25H30N6O2/c1-6-18-24(22(7-2)33-30-18)25(32)29-20(21-13-23(31(4)5)28-15(3)27-21)12-16-14-26-19-11-9-8-10-17(16)19/h8-11,13-14,20,26H,6-7,12H2,1-5H3,(H,29,32)/t20-/m1/s1. The van der Waals surface area contributed by atoms with Crippen LogP contribution in [0.5, 0.6) is 0 Å². The molecule has 0 unspecified atom stereocenters. The molecule has 0 spiro atoms. The maximum Gasteiger partial charge on any atom is 0.257 e. The number of hydrogen-bond donors (Lipinski definition) is 2. The third-order valence-electron chi connectivity index (χ3n) is 5.78. The number of amides is 1. The number of H-pyrrole nitrogens is 1. The lowest BCUT2D eigenvalue weighted by Gasteiger charge is -2.21. The number of fused-ring (bicyclic) bond motifs is 1. The van der Waals surface area contributed by atoms with Gasteiger partial charge in [0.1, 0.15) is 23.0 Å². The number of aromatic nitrogens is 4. The Morgan fingerprint density at radius 2 is 1.97 bits per heavy atom. The summed E-state index contributed by atoms with van der Waals surface area (Å²) in [4.78, 5) is 27.9. The van der Waals surface area contributed by atoms with Crippen molar-refractivity contribution in [1.82, 2.24) is 25.4 Å². The first-order valence-electron chi connectivity index (χ1n) is 11.3. The van der Waals surface area contributed by atoms with Gasteiger partial charge in [-0.3, -0.25) is 4.79 Å². The Morgan fingerprint density at radius 1 is 1.18 bits per heavy atom. The van der Waals surface area contributed by atoms with Gasteiger partial charge in [0.2, 0.25) is 0 Å². The summed E-state index contributed by atoms with van der Waals surface area (Å²) in [6.07, 6.45) is 3.80. The number of nitrogens with one attached hydrogen (secondary N) is 2. The van der Waals surface area contributed by atoms with E-state index >= 15 is 0 Å². The molecule has 1 amide bonds. The second kappa shape index (κ2) is 9.44. The van der Waals surface area contributed by atoms with Gasteiger partial charge in [-0.05, 0) is 25.0 Å². The Kier molecular flexibility index (Phi) is 6.44. The third kappa shape index (κ3) is 4.60. The minimum atomic E-state index is -0.360. The fourth-order valence-corrected chi connectivity index (χ4v) is 4.07. The lowest BCUT2D eigenvalue weighted by Crippen LogP contribution is -2.32. The topological polar surface area (TPSA) is 99.9 Å². The van der Waals surface area contributed by atoms with Gasteiger partial charge in [0, 0.05) is 50.1 Å². The second-order valence-corrected chi connectivity index (χ2v) is 8.32. The summed E-state index contributed by atoms with van der Waals surface area (Å²) in [7, 11) is 3.88. The van der Waals surface area contributed by atoms with E-state index in [9.17, 15) is 4.79 Å². The van der Waals surface area contributed by atoms with Crippen molar-refractivity contribution < 1.29 is 9.32 Å². The second-order valence-electron chi connectivity index (χ2n) is 8.32. The van der Waals surface area contributed by atoms with Crippen LogP contribution in [0, 0.1) is 6.92 Å². The highest BCUT2D eigenvalue weighted by molar-refractivity contribution is 5.96. The first-order valence-corrected chi connectivity index (χ1v) is 11.3. The molecule has 172 valence electrons. The van der Waals surface area contributed by atoms with E-state index in [2.05, 4.69) is 26.5 Å². The number of aryl methyl sites for hydroxylation is 3. The summed E-state index contributed by atoms with van der Waals surface area (Å²) >= 11 is 0. The average Bonchev–Trinajstić information content (AvgIpc) is 3.42. The molecular weight excluding hydrogens is 416 g/mol. The monoisotopic (exact) mass is 446 g/mol. The zero-order valence-corrected chi connectivity index (χ0v) is 19.8. The predicted molar refractivity (Wildman–Crippen MR) is 129 cm³/mol. The molecule has 0 aliphatic rings. The van der Waals surface area contributed by atoms with E-state index in [4.69, 9.17) is 9.51 Å². The zero-order valence-electron chi connectivity index (χ0n) is 19.8. The number of para-hydroxylation sites is 1. The van der Waals surface area contributed by atoms with Crippen molar-refractivity contribution in [2.45, 2.75) is 46.1 Å². The number of carbonyl (C=O) groups excluding carboxylic acids is 1. The average molecular weight is 447 g/mol. The van der Waals surface area contributed by atoms with Gasteiger partial charge in [0.15, 0.2) is 0 Å². The summed E-state index contributed by atoms with van der Waals surface area (Å²) in [6, 6.07) is 9.72. The molecule has 4 rings (SSSR count). The van der Waals surface area contributed by atoms with Crippen LogP contribution in [0.25, 0.3) is 10.9 Å². The molecule has 8 heteroatoms. The number of aromatic amines is 1. The van der Waals surface area contributed by atoms with Crippen LogP contribution in [0.2, 0.25) is 0 Å². The van der Waals surface area contributed by atoms with Crippen molar-refractivity contribution in [2.24, 2.45) is 0 Å². The van der Waals surface area contributed by atoms with E-state index < -0.39 is 0 Å². The maximum absolute atomic E-state index is 13.5. The highest BCUT2D eigenvalue weighted by Crippen LogP contribution is 2.26. The number of hydrogen-bond acceptors (Lipinski definition) is 6.